The van der Waals surface area contributed by atoms with Gasteiger partial charge in [-0.1, -0.05) is 12.1 Å². The molecule has 7 heteroatoms. The van der Waals surface area contributed by atoms with Crippen molar-refractivity contribution in [2.24, 2.45) is 0 Å². The predicted molar refractivity (Wildman–Crippen MR) is 116 cm³/mol. The Balaban J connectivity index is 1.26. The Kier molecular flexibility index (Phi) is 4.97. The van der Waals surface area contributed by atoms with Crippen molar-refractivity contribution >= 4 is 22.5 Å². The van der Waals surface area contributed by atoms with E-state index in [4.69, 9.17) is 4.74 Å². The third-order valence-corrected chi connectivity index (χ3v) is 6.29. The first kappa shape index (κ1) is 18.2. The van der Waals surface area contributed by atoms with Crippen molar-refractivity contribution in [2.45, 2.75) is 18.9 Å². The van der Waals surface area contributed by atoms with Crippen LogP contribution in [0.4, 0.5) is 11.5 Å². The standard InChI is InChI=1S/C22H28N6O/c1-29-20-7-3-2-6-19(20)27-13-11-26(12-14-27)17-5-4-10-28(15-17)22-18-8-9-23-21(18)24-16-25-22/h2-3,6-9,16-17H,4-5,10-15H2,1H3,(H,23,24,25). The summed E-state index contributed by atoms with van der Waals surface area (Å²) >= 11 is 0. The maximum atomic E-state index is 5.56. The fourth-order valence-electron chi connectivity index (χ4n) is 4.77. The van der Waals surface area contributed by atoms with E-state index < -0.39 is 0 Å². The largest absolute Gasteiger partial charge is 0.495 e. The summed E-state index contributed by atoms with van der Waals surface area (Å²) in [6.07, 6.45) is 6.07. The number of H-pyrrole nitrogens is 1. The molecule has 1 atom stereocenters. The predicted octanol–water partition coefficient (Wildman–Crippen LogP) is 2.76. The number of para-hydroxylation sites is 2. The van der Waals surface area contributed by atoms with Crippen molar-refractivity contribution in [3.63, 3.8) is 0 Å². The first-order valence-electron chi connectivity index (χ1n) is 10.5. The van der Waals surface area contributed by atoms with Crippen LogP contribution in [0, 0.1) is 0 Å². The molecule has 0 saturated carbocycles. The van der Waals surface area contributed by atoms with E-state index in [1.807, 2.05) is 18.3 Å². The van der Waals surface area contributed by atoms with E-state index in [2.05, 4.69) is 47.9 Å². The number of hydrogen-bond acceptors (Lipinski definition) is 6. The number of benzene rings is 1. The van der Waals surface area contributed by atoms with E-state index in [9.17, 15) is 0 Å². The van der Waals surface area contributed by atoms with Gasteiger partial charge in [0.25, 0.3) is 0 Å². The van der Waals surface area contributed by atoms with E-state index >= 15 is 0 Å². The highest BCUT2D eigenvalue weighted by Gasteiger charge is 2.30. The number of aromatic amines is 1. The molecule has 0 amide bonds. The molecule has 1 unspecified atom stereocenters. The second-order valence-electron chi connectivity index (χ2n) is 7.87. The third kappa shape index (κ3) is 3.51. The van der Waals surface area contributed by atoms with Crippen molar-refractivity contribution < 1.29 is 4.74 Å². The lowest BCUT2D eigenvalue weighted by Crippen LogP contribution is -2.55. The molecule has 1 N–H and O–H groups in total. The maximum Gasteiger partial charge on any atom is 0.142 e. The summed E-state index contributed by atoms with van der Waals surface area (Å²) in [5.41, 5.74) is 2.12. The molecule has 2 fully saturated rings. The van der Waals surface area contributed by atoms with E-state index in [1.165, 1.54) is 18.5 Å². The highest BCUT2D eigenvalue weighted by molar-refractivity contribution is 5.87. The van der Waals surface area contributed by atoms with Crippen molar-refractivity contribution in [2.75, 3.05) is 56.2 Å². The molecule has 2 aliphatic heterocycles. The molecule has 29 heavy (non-hydrogen) atoms. The SMILES string of the molecule is COc1ccccc1N1CCN(C2CCCN(c3ncnc4[nH]ccc34)C2)CC1. The molecule has 3 aromatic rings. The van der Waals surface area contributed by atoms with Gasteiger partial charge in [0.1, 0.15) is 23.5 Å². The van der Waals surface area contributed by atoms with Gasteiger partial charge in [-0.25, -0.2) is 9.97 Å². The smallest absolute Gasteiger partial charge is 0.142 e. The van der Waals surface area contributed by atoms with Gasteiger partial charge in [-0.05, 0) is 31.0 Å². The number of nitrogens with one attached hydrogen (secondary N) is 1. The molecule has 7 nitrogen and oxygen atoms in total. The molecule has 5 rings (SSSR count). The van der Waals surface area contributed by atoms with Crippen LogP contribution in [-0.4, -0.2) is 72.3 Å². The van der Waals surface area contributed by atoms with Crippen molar-refractivity contribution in [3.05, 3.63) is 42.9 Å². The van der Waals surface area contributed by atoms with Crippen LogP contribution in [0.3, 0.4) is 0 Å². The van der Waals surface area contributed by atoms with E-state index in [0.717, 1.165) is 61.9 Å². The Morgan fingerprint density at radius 3 is 2.72 bits per heavy atom. The minimum absolute atomic E-state index is 0.576. The monoisotopic (exact) mass is 392 g/mol. The number of rotatable bonds is 4. The number of aromatic nitrogens is 3. The van der Waals surface area contributed by atoms with Gasteiger partial charge in [-0.15, -0.1) is 0 Å². The zero-order valence-electron chi connectivity index (χ0n) is 16.9. The van der Waals surface area contributed by atoms with Crippen LogP contribution in [0.2, 0.25) is 0 Å². The molecule has 1 aromatic carbocycles. The van der Waals surface area contributed by atoms with Gasteiger partial charge >= 0.3 is 0 Å². The van der Waals surface area contributed by atoms with E-state index in [1.54, 1.807) is 13.4 Å². The number of piperidine rings is 1. The Morgan fingerprint density at radius 1 is 1.00 bits per heavy atom. The molecule has 4 heterocycles. The minimum atomic E-state index is 0.576. The molecular formula is C22H28N6O. The van der Waals surface area contributed by atoms with Crippen LogP contribution in [0.15, 0.2) is 42.9 Å². The van der Waals surface area contributed by atoms with Gasteiger partial charge in [0.05, 0.1) is 18.2 Å². The van der Waals surface area contributed by atoms with Crippen LogP contribution in [0.1, 0.15) is 12.8 Å². The molecule has 0 spiro atoms. The second-order valence-corrected chi connectivity index (χ2v) is 7.87. The Morgan fingerprint density at radius 2 is 1.86 bits per heavy atom. The number of hydrogen-bond donors (Lipinski definition) is 1. The van der Waals surface area contributed by atoms with Crippen molar-refractivity contribution in [1.29, 1.82) is 0 Å². The first-order valence-corrected chi connectivity index (χ1v) is 10.5. The Labute approximate surface area is 171 Å². The summed E-state index contributed by atoms with van der Waals surface area (Å²) in [6.45, 7) is 6.33. The van der Waals surface area contributed by atoms with Gasteiger partial charge in [-0.2, -0.15) is 0 Å². The summed E-state index contributed by atoms with van der Waals surface area (Å²) in [5.74, 6) is 2.03. The third-order valence-electron chi connectivity index (χ3n) is 6.29. The summed E-state index contributed by atoms with van der Waals surface area (Å²) in [4.78, 5) is 19.7. The quantitative estimate of drug-likeness (QED) is 0.737. The number of ether oxygens (including phenoxy) is 1. The van der Waals surface area contributed by atoms with Crippen LogP contribution in [-0.2, 0) is 0 Å². The topological polar surface area (TPSA) is 60.5 Å². The van der Waals surface area contributed by atoms with E-state index in [0.29, 0.717) is 6.04 Å². The lowest BCUT2D eigenvalue weighted by atomic mass is 10.0. The fraction of sp³-hybridized carbons (Fsp3) is 0.455. The highest BCUT2D eigenvalue weighted by Crippen LogP contribution is 2.30. The lowest BCUT2D eigenvalue weighted by Gasteiger charge is -2.44. The molecule has 152 valence electrons. The van der Waals surface area contributed by atoms with Crippen LogP contribution >= 0.6 is 0 Å². The molecule has 0 aliphatic carbocycles. The van der Waals surface area contributed by atoms with Crippen LogP contribution in [0.5, 0.6) is 5.75 Å². The summed E-state index contributed by atoms with van der Waals surface area (Å²) < 4.78 is 5.56. The number of methoxy groups -OCH3 is 1. The summed E-state index contributed by atoms with van der Waals surface area (Å²) in [7, 11) is 1.75. The lowest BCUT2D eigenvalue weighted by molar-refractivity contribution is 0.166. The molecule has 2 saturated heterocycles. The van der Waals surface area contributed by atoms with Gasteiger partial charge in [-0.3, -0.25) is 4.90 Å². The number of piperazine rings is 1. The first-order chi connectivity index (χ1) is 14.3. The molecule has 2 aliphatic rings. The average Bonchev–Trinajstić information content (AvgIpc) is 3.28. The van der Waals surface area contributed by atoms with Gasteiger partial charge < -0.3 is 19.5 Å². The molecular weight excluding hydrogens is 364 g/mol. The van der Waals surface area contributed by atoms with Gasteiger partial charge in [0, 0.05) is 51.5 Å². The van der Waals surface area contributed by atoms with Crippen molar-refractivity contribution in [3.8, 4) is 5.75 Å². The molecule has 2 aromatic heterocycles. The summed E-state index contributed by atoms with van der Waals surface area (Å²) in [6, 6.07) is 11.0. The average molecular weight is 393 g/mol. The number of nitrogens with zero attached hydrogens (tertiary/aromatic N) is 5. The van der Waals surface area contributed by atoms with Gasteiger partial charge in [0.2, 0.25) is 0 Å². The zero-order chi connectivity index (χ0) is 19.6. The van der Waals surface area contributed by atoms with Crippen molar-refractivity contribution in [1.82, 2.24) is 19.9 Å². The Hall–Kier alpha value is -2.80. The minimum Gasteiger partial charge on any atom is -0.495 e. The second kappa shape index (κ2) is 7.91. The Bertz CT molecular complexity index is 965. The summed E-state index contributed by atoms with van der Waals surface area (Å²) in [5, 5.41) is 1.12. The van der Waals surface area contributed by atoms with E-state index in [-0.39, 0.29) is 0 Å². The normalized spacial score (nSPS) is 20.9. The number of anilines is 2. The molecule has 0 radical (unpaired) electrons. The van der Waals surface area contributed by atoms with Gasteiger partial charge in [0.15, 0.2) is 0 Å². The number of fused-ring (bicyclic) bond motifs is 1. The molecule has 0 bridgehead atoms. The fourth-order valence-corrected chi connectivity index (χ4v) is 4.77. The maximum absolute atomic E-state index is 5.56. The van der Waals surface area contributed by atoms with Crippen LogP contribution < -0.4 is 14.5 Å². The van der Waals surface area contributed by atoms with Crippen LogP contribution in [0.25, 0.3) is 11.0 Å². The highest BCUT2D eigenvalue weighted by atomic mass is 16.5. The zero-order valence-corrected chi connectivity index (χ0v) is 16.9.